The van der Waals surface area contributed by atoms with E-state index in [9.17, 15) is 4.79 Å². The van der Waals surface area contributed by atoms with Crippen LogP contribution in [0.4, 0.5) is 10.5 Å². The number of amides is 2. The van der Waals surface area contributed by atoms with E-state index in [0.717, 1.165) is 37.3 Å². The Hall–Kier alpha value is -3.19. The number of nitrogens with one attached hydrogen (secondary N) is 2. The highest BCUT2D eigenvalue weighted by Gasteiger charge is 2.23. The number of urea groups is 1. The molecule has 1 aliphatic heterocycles. The fraction of sp³-hybridized carbons (Fsp3) is 0.348. The molecule has 156 valence electrons. The molecule has 4 rings (SSSR count). The summed E-state index contributed by atoms with van der Waals surface area (Å²) >= 11 is 0. The van der Waals surface area contributed by atoms with Gasteiger partial charge in [-0.05, 0) is 36.2 Å². The zero-order valence-corrected chi connectivity index (χ0v) is 17.3. The van der Waals surface area contributed by atoms with Crippen LogP contribution in [0.5, 0.6) is 0 Å². The predicted molar refractivity (Wildman–Crippen MR) is 116 cm³/mol. The van der Waals surface area contributed by atoms with Gasteiger partial charge >= 0.3 is 6.03 Å². The lowest BCUT2D eigenvalue weighted by atomic mass is 10.2. The first-order chi connectivity index (χ1) is 14.6. The summed E-state index contributed by atoms with van der Waals surface area (Å²) in [5.41, 5.74) is 2.84. The molecule has 2 heterocycles. The highest BCUT2D eigenvalue weighted by Crippen LogP contribution is 2.22. The van der Waals surface area contributed by atoms with Crippen LogP contribution in [-0.2, 0) is 6.54 Å². The average Bonchev–Trinajstić information content (AvgIpc) is 3.39. The molecule has 3 aromatic rings. The number of benzene rings is 2. The summed E-state index contributed by atoms with van der Waals surface area (Å²) in [5.74, 6) is 1.38. The third kappa shape index (κ3) is 5.04. The molecule has 0 aliphatic carbocycles. The minimum atomic E-state index is -0.186. The van der Waals surface area contributed by atoms with Gasteiger partial charge in [-0.15, -0.1) is 0 Å². The summed E-state index contributed by atoms with van der Waals surface area (Å²) in [6.07, 6.45) is 0.953. The fourth-order valence-electron chi connectivity index (χ4n) is 3.57. The molecule has 1 fully saturated rings. The van der Waals surface area contributed by atoms with Crippen molar-refractivity contribution in [2.45, 2.75) is 38.8 Å². The minimum Gasteiger partial charge on any atom is -0.334 e. The Morgan fingerprint density at radius 2 is 1.93 bits per heavy atom. The number of likely N-dealkylation sites (tertiary alicyclic amines) is 1. The fourth-order valence-corrected chi connectivity index (χ4v) is 3.57. The number of hydrogen-bond acceptors (Lipinski definition) is 5. The van der Waals surface area contributed by atoms with Gasteiger partial charge in [0.25, 0.3) is 5.89 Å². The summed E-state index contributed by atoms with van der Waals surface area (Å²) in [4.78, 5) is 19.1. The molecule has 2 N–H and O–H groups in total. The second-order valence-electron chi connectivity index (χ2n) is 7.99. The van der Waals surface area contributed by atoms with E-state index in [0.29, 0.717) is 11.7 Å². The molecule has 7 heteroatoms. The van der Waals surface area contributed by atoms with Gasteiger partial charge in [-0.1, -0.05) is 49.3 Å². The highest BCUT2D eigenvalue weighted by atomic mass is 16.5. The normalized spacial score (nSPS) is 16.7. The van der Waals surface area contributed by atoms with Crippen LogP contribution >= 0.6 is 0 Å². The molecule has 2 amide bonds. The van der Waals surface area contributed by atoms with Gasteiger partial charge in [0.2, 0.25) is 0 Å². The number of anilines is 1. The zero-order valence-electron chi connectivity index (χ0n) is 17.3. The lowest BCUT2D eigenvalue weighted by Crippen LogP contribution is -2.39. The van der Waals surface area contributed by atoms with Gasteiger partial charge < -0.3 is 15.2 Å². The van der Waals surface area contributed by atoms with Crippen LogP contribution in [0.2, 0.25) is 0 Å². The maximum atomic E-state index is 12.4. The molecule has 1 aromatic heterocycles. The van der Waals surface area contributed by atoms with E-state index in [1.165, 1.54) is 5.56 Å². The minimum absolute atomic E-state index is 0.154. The third-order valence-electron chi connectivity index (χ3n) is 5.20. The maximum Gasteiger partial charge on any atom is 0.319 e. The SMILES string of the molecule is CC(C)c1noc(-c2ccc(NC(=O)NC3CCN(Cc4ccccc4)C3)cc2)n1. The molecule has 0 bridgehead atoms. The summed E-state index contributed by atoms with van der Waals surface area (Å²) in [7, 11) is 0. The standard InChI is InChI=1S/C23H27N5O2/c1-16(2)21-26-22(30-27-21)18-8-10-19(11-9-18)24-23(29)25-20-12-13-28(15-20)14-17-6-4-3-5-7-17/h3-11,16,20H,12-15H2,1-2H3,(H2,24,25,29). The molecule has 2 aromatic carbocycles. The van der Waals surface area contributed by atoms with Crippen molar-refractivity contribution >= 4 is 11.7 Å². The summed E-state index contributed by atoms with van der Waals surface area (Å²) in [5, 5.41) is 9.96. The molecule has 0 spiro atoms. The van der Waals surface area contributed by atoms with Crippen molar-refractivity contribution in [1.82, 2.24) is 20.4 Å². The molecular formula is C23H27N5O2. The Bertz CT molecular complexity index is 969. The monoisotopic (exact) mass is 405 g/mol. The van der Waals surface area contributed by atoms with E-state index in [4.69, 9.17) is 4.52 Å². The molecule has 0 radical (unpaired) electrons. The Morgan fingerprint density at radius 1 is 1.17 bits per heavy atom. The van der Waals surface area contributed by atoms with E-state index in [2.05, 4.69) is 49.9 Å². The Labute approximate surface area is 176 Å². The smallest absolute Gasteiger partial charge is 0.319 e. The lowest BCUT2D eigenvalue weighted by molar-refractivity contribution is 0.247. The van der Waals surface area contributed by atoms with Crippen molar-refractivity contribution < 1.29 is 9.32 Å². The van der Waals surface area contributed by atoms with E-state index in [-0.39, 0.29) is 18.0 Å². The molecule has 1 saturated heterocycles. The first-order valence-corrected chi connectivity index (χ1v) is 10.3. The van der Waals surface area contributed by atoms with E-state index in [1.54, 1.807) is 0 Å². The van der Waals surface area contributed by atoms with Crippen molar-refractivity contribution in [3.8, 4) is 11.5 Å². The van der Waals surface area contributed by atoms with Crippen LogP contribution in [0.3, 0.4) is 0 Å². The summed E-state index contributed by atoms with van der Waals surface area (Å²) < 4.78 is 5.31. The highest BCUT2D eigenvalue weighted by molar-refractivity contribution is 5.89. The molecule has 1 aliphatic rings. The van der Waals surface area contributed by atoms with E-state index >= 15 is 0 Å². The number of nitrogens with zero attached hydrogens (tertiary/aromatic N) is 3. The van der Waals surface area contributed by atoms with Crippen LogP contribution in [0.15, 0.2) is 59.1 Å². The number of carbonyl (C=O) groups is 1. The molecule has 30 heavy (non-hydrogen) atoms. The van der Waals surface area contributed by atoms with Crippen LogP contribution in [-0.4, -0.2) is 40.2 Å². The van der Waals surface area contributed by atoms with Crippen LogP contribution < -0.4 is 10.6 Å². The first kappa shape index (κ1) is 20.1. The van der Waals surface area contributed by atoms with Gasteiger partial charge in [0.15, 0.2) is 5.82 Å². The topological polar surface area (TPSA) is 83.3 Å². The second-order valence-corrected chi connectivity index (χ2v) is 7.99. The molecule has 7 nitrogen and oxygen atoms in total. The number of aromatic nitrogens is 2. The molecule has 1 unspecified atom stereocenters. The van der Waals surface area contributed by atoms with Crippen molar-refractivity contribution in [1.29, 1.82) is 0 Å². The zero-order chi connectivity index (χ0) is 20.9. The quantitative estimate of drug-likeness (QED) is 0.640. The first-order valence-electron chi connectivity index (χ1n) is 10.3. The van der Waals surface area contributed by atoms with Crippen LogP contribution in [0, 0.1) is 0 Å². The maximum absolute atomic E-state index is 12.4. The number of carbonyl (C=O) groups excluding carboxylic acids is 1. The molecule has 0 saturated carbocycles. The molecular weight excluding hydrogens is 378 g/mol. The van der Waals surface area contributed by atoms with Gasteiger partial charge in [-0.2, -0.15) is 4.98 Å². The summed E-state index contributed by atoms with van der Waals surface area (Å²) in [6, 6.07) is 17.8. The van der Waals surface area contributed by atoms with Crippen LogP contribution in [0.25, 0.3) is 11.5 Å². The second kappa shape index (κ2) is 9.09. The van der Waals surface area contributed by atoms with E-state index in [1.807, 2.05) is 44.2 Å². The predicted octanol–water partition coefficient (Wildman–Crippen LogP) is 4.26. The van der Waals surface area contributed by atoms with Gasteiger partial charge in [-0.25, -0.2) is 4.79 Å². The van der Waals surface area contributed by atoms with Crippen molar-refractivity contribution in [2.75, 3.05) is 18.4 Å². The number of rotatable bonds is 6. The lowest BCUT2D eigenvalue weighted by Gasteiger charge is -2.17. The van der Waals surface area contributed by atoms with E-state index < -0.39 is 0 Å². The average molecular weight is 406 g/mol. The van der Waals surface area contributed by atoms with Crippen molar-refractivity contribution in [3.05, 3.63) is 66.0 Å². The van der Waals surface area contributed by atoms with Gasteiger partial charge in [-0.3, -0.25) is 4.90 Å². The third-order valence-corrected chi connectivity index (χ3v) is 5.20. The Balaban J connectivity index is 1.27. The van der Waals surface area contributed by atoms with Gasteiger partial charge in [0.1, 0.15) is 0 Å². The van der Waals surface area contributed by atoms with Crippen molar-refractivity contribution in [3.63, 3.8) is 0 Å². The largest absolute Gasteiger partial charge is 0.334 e. The Morgan fingerprint density at radius 3 is 2.63 bits per heavy atom. The van der Waals surface area contributed by atoms with Crippen molar-refractivity contribution in [2.24, 2.45) is 0 Å². The van der Waals surface area contributed by atoms with Crippen LogP contribution in [0.1, 0.15) is 37.6 Å². The van der Waals surface area contributed by atoms with Gasteiger partial charge in [0.05, 0.1) is 0 Å². The summed E-state index contributed by atoms with van der Waals surface area (Å²) in [6.45, 7) is 6.79. The number of hydrogen-bond donors (Lipinski definition) is 2. The Kier molecular flexibility index (Phi) is 6.09. The van der Waals surface area contributed by atoms with Gasteiger partial charge in [0, 0.05) is 42.8 Å². The molecule has 1 atom stereocenters.